The second kappa shape index (κ2) is 7.57. The van der Waals surface area contributed by atoms with E-state index in [0.29, 0.717) is 23.9 Å². The molecule has 2 aromatic carbocycles. The normalized spacial score (nSPS) is 10.3. The van der Waals surface area contributed by atoms with Crippen molar-refractivity contribution in [1.82, 2.24) is 9.97 Å². The van der Waals surface area contributed by atoms with Gasteiger partial charge in [-0.3, -0.25) is 4.79 Å². The number of carbonyl (C=O) groups excluding carboxylic acids is 1. The average Bonchev–Trinajstić information content (AvgIpc) is 2.60. The summed E-state index contributed by atoms with van der Waals surface area (Å²) in [6.07, 6.45) is 0. The van der Waals surface area contributed by atoms with Gasteiger partial charge >= 0.3 is 0 Å². The zero-order valence-electron chi connectivity index (χ0n) is 14.3. The fourth-order valence-corrected chi connectivity index (χ4v) is 2.51. The largest absolute Gasteiger partial charge is 0.366 e. The number of carbonyl (C=O) groups is 1. The highest BCUT2D eigenvalue weighted by atomic mass is 16.1. The molecule has 0 saturated carbocycles. The zero-order valence-corrected chi connectivity index (χ0v) is 14.3. The Bertz CT molecular complexity index is 878. The van der Waals surface area contributed by atoms with Crippen molar-refractivity contribution in [1.29, 1.82) is 0 Å². The Kier molecular flexibility index (Phi) is 5.04. The van der Waals surface area contributed by atoms with E-state index in [1.165, 1.54) is 5.56 Å². The van der Waals surface area contributed by atoms with E-state index in [2.05, 4.69) is 45.7 Å². The van der Waals surface area contributed by atoms with Crippen LogP contribution >= 0.6 is 0 Å². The van der Waals surface area contributed by atoms with Crippen LogP contribution in [0.4, 0.5) is 11.5 Å². The van der Waals surface area contributed by atoms with E-state index in [9.17, 15) is 4.79 Å². The second-order valence-corrected chi connectivity index (χ2v) is 5.85. The predicted octanol–water partition coefficient (Wildman–Crippen LogP) is 3.96. The third-order valence-corrected chi connectivity index (χ3v) is 3.66. The summed E-state index contributed by atoms with van der Waals surface area (Å²) >= 11 is 0. The number of nitrogens with one attached hydrogen (secondary N) is 2. The Morgan fingerprint density at radius 1 is 0.960 bits per heavy atom. The van der Waals surface area contributed by atoms with Crippen LogP contribution in [0.25, 0.3) is 0 Å². The van der Waals surface area contributed by atoms with E-state index in [1.807, 2.05) is 36.4 Å². The Labute approximate surface area is 147 Å². The van der Waals surface area contributed by atoms with Gasteiger partial charge in [0, 0.05) is 18.3 Å². The molecule has 1 heterocycles. The average molecular weight is 332 g/mol. The standard InChI is InChI=1S/C20H20N4O/c1-14-7-6-8-16(11-14)13-21-19-12-18(22-15(2)23-19)20(25)24-17-9-4-3-5-10-17/h3-12H,13H2,1-2H3,(H,24,25)(H,21,22,23). The molecule has 0 unspecified atom stereocenters. The maximum absolute atomic E-state index is 12.4. The number of para-hydroxylation sites is 1. The number of amides is 1. The van der Waals surface area contributed by atoms with Gasteiger partial charge in [-0.25, -0.2) is 9.97 Å². The number of anilines is 2. The summed E-state index contributed by atoms with van der Waals surface area (Å²) in [4.78, 5) is 21.0. The summed E-state index contributed by atoms with van der Waals surface area (Å²) in [6.45, 7) is 4.47. The van der Waals surface area contributed by atoms with Crippen molar-refractivity contribution in [2.75, 3.05) is 10.6 Å². The molecule has 3 aromatic rings. The number of hydrogen-bond acceptors (Lipinski definition) is 4. The van der Waals surface area contributed by atoms with Crippen LogP contribution in [0.15, 0.2) is 60.7 Å². The van der Waals surface area contributed by atoms with E-state index in [1.54, 1.807) is 13.0 Å². The fourth-order valence-electron chi connectivity index (χ4n) is 2.51. The zero-order chi connectivity index (χ0) is 17.6. The van der Waals surface area contributed by atoms with Gasteiger partial charge in [0.1, 0.15) is 17.3 Å². The quantitative estimate of drug-likeness (QED) is 0.742. The molecule has 1 amide bonds. The van der Waals surface area contributed by atoms with Crippen LogP contribution in [-0.2, 0) is 6.54 Å². The molecule has 0 bridgehead atoms. The van der Waals surface area contributed by atoms with E-state index in [0.717, 1.165) is 11.3 Å². The second-order valence-electron chi connectivity index (χ2n) is 5.85. The molecule has 0 radical (unpaired) electrons. The highest BCUT2D eigenvalue weighted by molar-refractivity contribution is 6.03. The molecular weight excluding hydrogens is 312 g/mol. The predicted molar refractivity (Wildman–Crippen MR) is 99.7 cm³/mol. The number of nitrogens with zero attached hydrogens (tertiary/aromatic N) is 2. The molecule has 5 nitrogen and oxygen atoms in total. The molecular formula is C20H20N4O. The first-order valence-corrected chi connectivity index (χ1v) is 8.12. The topological polar surface area (TPSA) is 66.9 Å². The molecule has 1 aromatic heterocycles. The Morgan fingerprint density at radius 2 is 1.76 bits per heavy atom. The maximum Gasteiger partial charge on any atom is 0.274 e. The molecule has 5 heteroatoms. The molecule has 3 rings (SSSR count). The van der Waals surface area contributed by atoms with Gasteiger partial charge in [-0.05, 0) is 31.5 Å². The van der Waals surface area contributed by atoms with E-state index < -0.39 is 0 Å². The third kappa shape index (κ3) is 4.64. The van der Waals surface area contributed by atoms with Crippen molar-refractivity contribution in [3.63, 3.8) is 0 Å². The van der Waals surface area contributed by atoms with Crippen LogP contribution in [-0.4, -0.2) is 15.9 Å². The van der Waals surface area contributed by atoms with E-state index >= 15 is 0 Å². The summed E-state index contributed by atoms with van der Waals surface area (Å²) in [5.74, 6) is 0.926. The molecule has 0 atom stereocenters. The molecule has 0 saturated heterocycles. The van der Waals surface area contributed by atoms with Gasteiger partial charge in [0.25, 0.3) is 5.91 Å². The first-order valence-electron chi connectivity index (χ1n) is 8.12. The summed E-state index contributed by atoms with van der Waals surface area (Å²) in [7, 11) is 0. The Hall–Kier alpha value is -3.21. The van der Waals surface area contributed by atoms with Gasteiger partial charge in [-0.2, -0.15) is 0 Å². The van der Waals surface area contributed by atoms with Crippen LogP contribution in [0.1, 0.15) is 27.4 Å². The van der Waals surface area contributed by atoms with Crippen LogP contribution in [0.3, 0.4) is 0 Å². The Morgan fingerprint density at radius 3 is 2.52 bits per heavy atom. The SMILES string of the molecule is Cc1cccc(CNc2cc(C(=O)Nc3ccccc3)nc(C)n2)c1. The Balaban J connectivity index is 1.72. The lowest BCUT2D eigenvalue weighted by molar-refractivity contribution is 0.102. The molecule has 0 spiro atoms. The van der Waals surface area contributed by atoms with Gasteiger partial charge in [0.2, 0.25) is 0 Å². The molecule has 0 aliphatic heterocycles. The minimum absolute atomic E-state index is 0.254. The molecule has 0 aliphatic carbocycles. The maximum atomic E-state index is 12.4. The summed E-state index contributed by atoms with van der Waals surface area (Å²) in [6, 6.07) is 19.2. The van der Waals surface area contributed by atoms with Gasteiger partial charge < -0.3 is 10.6 Å². The third-order valence-electron chi connectivity index (χ3n) is 3.66. The van der Waals surface area contributed by atoms with Crippen LogP contribution in [0, 0.1) is 13.8 Å². The number of aromatic nitrogens is 2. The summed E-state index contributed by atoms with van der Waals surface area (Å²) in [5, 5.41) is 6.09. The van der Waals surface area contributed by atoms with E-state index in [4.69, 9.17) is 0 Å². The van der Waals surface area contributed by atoms with Crippen molar-refractivity contribution in [2.45, 2.75) is 20.4 Å². The minimum atomic E-state index is -0.254. The van der Waals surface area contributed by atoms with Gasteiger partial charge in [0.15, 0.2) is 0 Å². The van der Waals surface area contributed by atoms with Gasteiger partial charge in [0.05, 0.1) is 0 Å². The molecule has 0 aliphatic rings. The van der Waals surface area contributed by atoms with E-state index in [-0.39, 0.29) is 5.91 Å². The van der Waals surface area contributed by atoms with Crippen molar-refractivity contribution in [3.05, 3.63) is 83.3 Å². The number of hydrogen-bond donors (Lipinski definition) is 2. The summed E-state index contributed by atoms with van der Waals surface area (Å²) in [5.41, 5.74) is 3.44. The first kappa shape index (κ1) is 16.6. The molecule has 2 N–H and O–H groups in total. The lowest BCUT2D eigenvalue weighted by atomic mass is 10.1. The van der Waals surface area contributed by atoms with Crippen LogP contribution in [0.5, 0.6) is 0 Å². The first-order chi connectivity index (χ1) is 12.1. The van der Waals surface area contributed by atoms with Crippen LogP contribution in [0.2, 0.25) is 0 Å². The van der Waals surface area contributed by atoms with Crippen molar-refractivity contribution < 1.29 is 4.79 Å². The number of aryl methyl sites for hydroxylation is 2. The smallest absolute Gasteiger partial charge is 0.274 e. The van der Waals surface area contributed by atoms with Crippen molar-refractivity contribution in [3.8, 4) is 0 Å². The summed E-state index contributed by atoms with van der Waals surface area (Å²) < 4.78 is 0. The fraction of sp³-hybridized carbons (Fsp3) is 0.150. The molecule has 25 heavy (non-hydrogen) atoms. The highest BCUT2D eigenvalue weighted by Gasteiger charge is 2.11. The molecule has 0 fully saturated rings. The van der Waals surface area contributed by atoms with Crippen molar-refractivity contribution >= 4 is 17.4 Å². The lowest BCUT2D eigenvalue weighted by Gasteiger charge is -2.10. The highest BCUT2D eigenvalue weighted by Crippen LogP contribution is 2.12. The number of benzene rings is 2. The number of rotatable bonds is 5. The van der Waals surface area contributed by atoms with Crippen molar-refractivity contribution in [2.24, 2.45) is 0 Å². The van der Waals surface area contributed by atoms with Crippen LogP contribution < -0.4 is 10.6 Å². The minimum Gasteiger partial charge on any atom is -0.366 e. The monoisotopic (exact) mass is 332 g/mol. The molecule has 126 valence electrons. The lowest BCUT2D eigenvalue weighted by Crippen LogP contribution is -2.15. The van der Waals surface area contributed by atoms with Gasteiger partial charge in [-0.15, -0.1) is 0 Å². The van der Waals surface area contributed by atoms with Gasteiger partial charge in [-0.1, -0.05) is 48.0 Å².